The maximum Gasteiger partial charge on any atom is 0.343 e. The standard InChI is InChI=1S/C12H14O8/c1-12(2,3)18-11(15)6-4-5-7(19-16)8(10(13)14)9(6)20-17/h4-5,16-17H,1-3H3,(H,13,14). The fourth-order valence-electron chi connectivity index (χ4n) is 1.43. The molecule has 0 radical (unpaired) electrons. The normalized spacial score (nSPS) is 10.8. The first kappa shape index (κ1) is 15.7. The van der Waals surface area contributed by atoms with Gasteiger partial charge in [-0.25, -0.2) is 20.1 Å². The zero-order valence-electron chi connectivity index (χ0n) is 11.0. The van der Waals surface area contributed by atoms with Crippen molar-refractivity contribution >= 4 is 11.9 Å². The fraction of sp³-hybridized carbons (Fsp3) is 0.333. The molecule has 0 unspecified atom stereocenters. The number of benzene rings is 1. The SMILES string of the molecule is CC(C)(C)OC(=O)c1ccc(OO)c(C(=O)O)c1OO. The van der Waals surface area contributed by atoms with Crippen LogP contribution >= 0.6 is 0 Å². The van der Waals surface area contributed by atoms with Gasteiger partial charge in [0.15, 0.2) is 17.1 Å². The van der Waals surface area contributed by atoms with Crippen LogP contribution in [0.4, 0.5) is 0 Å². The van der Waals surface area contributed by atoms with Gasteiger partial charge in [0.2, 0.25) is 0 Å². The summed E-state index contributed by atoms with van der Waals surface area (Å²) in [5.74, 6) is -3.63. The second kappa shape index (κ2) is 5.76. The van der Waals surface area contributed by atoms with Crippen LogP contribution in [0.2, 0.25) is 0 Å². The summed E-state index contributed by atoms with van der Waals surface area (Å²) in [6.07, 6.45) is 0. The molecule has 0 spiro atoms. The number of hydrogen-bond donors (Lipinski definition) is 3. The van der Waals surface area contributed by atoms with Gasteiger partial charge in [0, 0.05) is 0 Å². The van der Waals surface area contributed by atoms with E-state index in [-0.39, 0.29) is 5.56 Å². The largest absolute Gasteiger partial charge is 0.477 e. The van der Waals surface area contributed by atoms with Gasteiger partial charge in [0.05, 0.1) is 0 Å². The first-order valence-electron chi connectivity index (χ1n) is 5.47. The molecule has 20 heavy (non-hydrogen) atoms. The third kappa shape index (κ3) is 3.37. The summed E-state index contributed by atoms with van der Waals surface area (Å²) in [6, 6.07) is 2.13. The molecule has 8 heteroatoms. The molecular formula is C12H14O8. The van der Waals surface area contributed by atoms with Crippen LogP contribution in [0.15, 0.2) is 12.1 Å². The number of carbonyl (C=O) groups excluding carboxylic acids is 1. The van der Waals surface area contributed by atoms with Crippen molar-refractivity contribution in [3.8, 4) is 11.5 Å². The minimum absolute atomic E-state index is 0.319. The first-order valence-corrected chi connectivity index (χ1v) is 5.47. The van der Waals surface area contributed by atoms with E-state index in [0.29, 0.717) is 0 Å². The van der Waals surface area contributed by atoms with Crippen molar-refractivity contribution in [2.75, 3.05) is 0 Å². The van der Waals surface area contributed by atoms with Crippen LogP contribution < -0.4 is 9.78 Å². The molecule has 0 saturated heterocycles. The van der Waals surface area contributed by atoms with E-state index >= 15 is 0 Å². The molecule has 3 N–H and O–H groups in total. The van der Waals surface area contributed by atoms with Gasteiger partial charge >= 0.3 is 11.9 Å². The number of hydrogen-bond acceptors (Lipinski definition) is 7. The summed E-state index contributed by atoms with van der Waals surface area (Å²) in [5, 5.41) is 26.4. The van der Waals surface area contributed by atoms with Gasteiger partial charge in [-0.15, -0.1) is 0 Å². The van der Waals surface area contributed by atoms with Crippen molar-refractivity contribution in [1.82, 2.24) is 0 Å². The Balaban J connectivity index is 3.38. The Kier molecular flexibility index (Phi) is 4.53. The van der Waals surface area contributed by atoms with Crippen molar-refractivity contribution in [1.29, 1.82) is 0 Å². The molecule has 0 bridgehead atoms. The quantitative estimate of drug-likeness (QED) is 0.436. The fourth-order valence-corrected chi connectivity index (χ4v) is 1.43. The molecule has 0 amide bonds. The lowest BCUT2D eigenvalue weighted by Crippen LogP contribution is -2.24. The number of carboxylic acids is 1. The average molecular weight is 286 g/mol. The van der Waals surface area contributed by atoms with Gasteiger partial charge < -0.3 is 19.6 Å². The predicted octanol–water partition coefficient (Wildman–Crippen LogP) is 2.04. The van der Waals surface area contributed by atoms with Crippen molar-refractivity contribution in [2.24, 2.45) is 0 Å². The molecule has 0 heterocycles. The zero-order chi connectivity index (χ0) is 15.5. The Morgan fingerprint density at radius 1 is 1.10 bits per heavy atom. The Labute approximate surface area is 114 Å². The third-order valence-electron chi connectivity index (χ3n) is 2.14. The Morgan fingerprint density at radius 3 is 2.10 bits per heavy atom. The number of carboxylic acid groups (broad SMARTS) is 1. The van der Waals surface area contributed by atoms with Crippen LogP contribution in [0, 0.1) is 0 Å². The molecule has 0 fully saturated rings. The minimum atomic E-state index is -1.57. The molecule has 0 aliphatic heterocycles. The molecule has 0 saturated carbocycles. The molecule has 1 aromatic rings. The van der Waals surface area contributed by atoms with Gasteiger partial charge in [-0.2, -0.15) is 0 Å². The lowest BCUT2D eigenvalue weighted by molar-refractivity contribution is -0.146. The highest BCUT2D eigenvalue weighted by Gasteiger charge is 2.28. The highest BCUT2D eigenvalue weighted by atomic mass is 17.1. The van der Waals surface area contributed by atoms with E-state index in [1.807, 2.05) is 0 Å². The summed E-state index contributed by atoms with van der Waals surface area (Å²) in [4.78, 5) is 30.8. The zero-order valence-corrected chi connectivity index (χ0v) is 11.0. The monoisotopic (exact) mass is 286 g/mol. The lowest BCUT2D eigenvalue weighted by Gasteiger charge is -2.20. The van der Waals surface area contributed by atoms with Crippen molar-refractivity contribution in [3.63, 3.8) is 0 Å². The molecule has 8 nitrogen and oxygen atoms in total. The Bertz CT molecular complexity index is 529. The second-order valence-electron chi connectivity index (χ2n) is 4.81. The van der Waals surface area contributed by atoms with Crippen molar-refractivity contribution in [2.45, 2.75) is 26.4 Å². The summed E-state index contributed by atoms with van der Waals surface area (Å²) >= 11 is 0. The smallest absolute Gasteiger partial charge is 0.343 e. The number of esters is 1. The third-order valence-corrected chi connectivity index (χ3v) is 2.14. The molecular weight excluding hydrogens is 272 g/mol. The maximum absolute atomic E-state index is 11.9. The number of aromatic carboxylic acids is 1. The highest BCUT2D eigenvalue weighted by Crippen LogP contribution is 2.33. The summed E-state index contributed by atoms with van der Waals surface area (Å²) in [7, 11) is 0. The van der Waals surface area contributed by atoms with E-state index < -0.39 is 34.6 Å². The molecule has 0 aliphatic rings. The molecule has 1 aromatic carbocycles. The van der Waals surface area contributed by atoms with Crippen LogP contribution in [0.5, 0.6) is 11.5 Å². The minimum Gasteiger partial charge on any atom is -0.477 e. The van der Waals surface area contributed by atoms with Crippen LogP contribution in [-0.2, 0) is 4.74 Å². The molecule has 1 rings (SSSR count). The van der Waals surface area contributed by atoms with E-state index in [1.54, 1.807) is 20.8 Å². The van der Waals surface area contributed by atoms with Crippen LogP contribution in [0.25, 0.3) is 0 Å². The molecule has 110 valence electrons. The van der Waals surface area contributed by atoms with E-state index in [1.165, 1.54) is 0 Å². The topological polar surface area (TPSA) is 123 Å². The van der Waals surface area contributed by atoms with E-state index in [2.05, 4.69) is 9.78 Å². The number of ether oxygens (including phenoxy) is 1. The van der Waals surface area contributed by atoms with Crippen molar-refractivity contribution < 1.29 is 39.7 Å². The van der Waals surface area contributed by atoms with Gasteiger partial charge in [-0.1, -0.05) is 0 Å². The van der Waals surface area contributed by atoms with Crippen LogP contribution in [0.1, 0.15) is 41.5 Å². The Hall–Kier alpha value is -2.32. The van der Waals surface area contributed by atoms with Gasteiger partial charge in [-0.05, 0) is 32.9 Å². The second-order valence-corrected chi connectivity index (χ2v) is 4.81. The Morgan fingerprint density at radius 2 is 1.70 bits per heavy atom. The summed E-state index contributed by atoms with van der Waals surface area (Å²) in [5.41, 5.74) is -1.85. The lowest BCUT2D eigenvalue weighted by atomic mass is 10.1. The van der Waals surface area contributed by atoms with E-state index in [0.717, 1.165) is 12.1 Å². The first-order chi connectivity index (χ1) is 9.21. The molecule has 0 aromatic heterocycles. The van der Waals surface area contributed by atoms with E-state index in [9.17, 15) is 9.59 Å². The van der Waals surface area contributed by atoms with Crippen molar-refractivity contribution in [3.05, 3.63) is 23.3 Å². The van der Waals surface area contributed by atoms with Crippen LogP contribution in [-0.4, -0.2) is 33.2 Å². The van der Waals surface area contributed by atoms with E-state index in [4.69, 9.17) is 20.4 Å². The van der Waals surface area contributed by atoms with Gasteiger partial charge in [0.1, 0.15) is 11.2 Å². The van der Waals surface area contributed by atoms with Gasteiger partial charge in [-0.3, -0.25) is 0 Å². The average Bonchev–Trinajstić information content (AvgIpc) is 2.34. The predicted molar refractivity (Wildman–Crippen MR) is 65.1 cm³/mol. The molecule has 0 atom stereocenters. The molecule has 0 aliphatic carbocycles. The number of rotatable bonds is 4. The summed E-state index contributed by atoms with van der Waals surface area (Å²) in [6.45, 7) is 4.86. The summed E-state index contributed by atoms with van der Waals surface area (Å²) < 4.78 is 5.05. The maximum atomic E-state index is 11.9. The van der Waals surface area contributed by atoms with Gasteiger partial charge in [0.25, 0.3) is 0 Å². The highest BCUT2D eigenvalue weighted by molar-refractivity contribution is 6.01. The van der Waals surface area contributed by atoms with Crippen LogP contribution in [0.3, 0.4) is 0 Å². The number of carbonyl (C=O) groups is 2.